The second-order valence-electron chi connectivity index (χ2n) is 4.97. The van der Waals surface area contributed by atoms with Gasteiger partial charge in [0.15, 0.2) is 0 Å². The van der Waals surface area contributed by atoms with Gasteiger partial charge in [-0.1, -0.05) is 12.1 Å². The molecule has 0 bridgehead atoms. The number of carboxylic acid groups (broad SMARTS) is 1. The Labute approximate surface area is 123 Å². The minimum atomic E-state index is -0.884. The number of aliphatic carboxylic acids is 1. The molecular formula is C15H21FN2O3. The van der Waals surface area contributed by atoms with E-state index in [-0.39, 0.29) is 18.1 Å². The highest BCUT2D eigenvalue weighted by molar-refractivity contribution is 5.81. The first-order valence-electron chi connectivity index (χ1n) is 6.84. The first-order valence-corrected chi connectivity index (χ1v) is 6.84. The number of rotatable bonds is 8. The van der Waals surface area contributed by atoms with Gasteiger partial charge in [0, 0.05) is 13.1 Å². The lowest BCUT2D eigenvalue weighted by atomic mass is 10.1. The van der Waals surface area contributed by atoms with E-state index >= 15 is 0 Å². The molecule has 21 heavy (non-hydrogen) atoms. The van der Waals surface area contributed by atoms with E-state index in [9.17, 15) is 14.0 Å². The van der Waals surface area contributed by atoms with Gasteiger partial charge in [-0.3, -0.25) is 14.5 Å². The van der Waals surface area contributed by atoms with Crippen LogP contribution in [0.5, 0.6) is 0 Å². The van der Waals surface area contributed by atoms with E-state index in [4.69, 9.17) is 5.11 Å². The summed E-state index contributed by atoms with van der Waals surface area (Å²) in [4.78, 5) is 24.1. The molecule has 0 radical (unpaired) electrons. The molecule has 116 valence electrons. The van der Waals surface area contributed by atoms with Crippen molar-refractivity contribution in [2.24, 2.45) is 0 Å². The zero-order valence-corrected chi connectivity index (χ0v) is 12.3. The predicted molar refractivity (Wildman–Crippen MR) is 77.5 cm³/mol. The molecule has 1 rings (SSSR count). The average Bonchev–Trinajstić information content (AvgIpc) is 2.45. The summed E-state index contributed by atoms with van der Waals surface area (Å²) in [6.07, 6.45) is 0.626. The van der Waals surface area contributed by atoms with Gasteiger partial charge in [-0.25, -0.2) is 4.39 Å². The van der Waals surface area contributed by atoms with Crippen molar-refractivity contribution >= 4 is 11.9 Å². The van der Waals surface area contributed by atoms with Crippen LogP contribution in [0, 0.1) is 5.82 Å². The van der Waals surface area contributed by atoms with Gasteiger partial charge in [0.2, 0.25) is 5.91 Å². The first kappa shape index (κ1) is 17.1. The Morgan fingerprint density at radius 1 is 1.33 bits per heavy atom. The zero-order valence-electron chi connectivity index (χ0n) is 12.3. The van der Waals surface area contributed by atoms with Crippen LogP contribution >= 0.6 is 0 Å². The third kappa shape index (κ3) is 6.35. The summed E-state index contributed by atoms with van der Waals surface area (Å²) >= 11 is 0. The number of nitrogens with one attached hydrogen (secondary N) is 1. The van der Waals surface area contributed by atoms with E-state index < -0.39 is 12.0 Å². The van der Waals surface area contributed by atoms with Gasteiger partial charge in [0.05, 0.1) is 12.5 Å². The van der Waals surface area contributed by atoms with Gasteiger partial charge in [-0.05, 0) is 38.1 Å². The van der Waals surface area contributed by atoms with Crippen molar-refractivity contribution in [1.82, 2.24) is 10.2 Å². The number of hydrogen-bond acceptors (Lipinski definition) is 3. The molecule has 0 aliphatic heterocycles. The molecule has 1 aromatic carbocycles. The second-order valence-corrected chi connectivity index (χ2v) is 4.97. The average molecular weight is 296 g/mol. The third-order valence-electron chi connectivity index (χ3n) is 3.35. The van der Waals surface area contributed by atoms with E-state index in [0.29, 0.717) is 19.5 Å². The maximum atomic E-state index is 12.7. The Balaban J connectivity index is 2.32. The van der Waals surface area contributed by atoms with E-state index in [1.165, 1.54) is 12.1 Å². The minimum Gasteiger partial charge on any atom is -0.481 e. The van der Waals surface area contributed by atoms with Crippen molar-refractivity contribution in [1.29, 1.82) is 0 Å². The van der Waals surface area contributed by atoms with Crippen LogP contribution in [-0.4, -0.2) is 48.1 Å². The summed E-state index contributed by atoms with van der Waals surface area (Å²) in [5.41, 5.74) is 0.948. The monoisotopic (exact) mass is 296 g/mol. The van der Waals surface area contributed by atoms with Crippen molar-refractivity contribution in [3.8, 4) is 0 Å². The standard InChI is InChI=1S/C15H21FN2O3/c1-11(18(2)10-8-14(19)20)15(21)17-9-7-12-3-5-13(16)6-4-12/h3-6,11H,7-10H2,1-2H3,(H,17,21)(H,19,20). The molecule has 0 aromatic heterocycles. The quantitative estimate of drug-likeness (QED) is 0.758. The molecule has 1 atom stereocenters. The molecule has 0 aliphatic rings. The van der Waals surface area contributed by atoms with Crippen LogP contribution in [0.15, 0.2) is 24.3 Å². The smallest absolute Gasteiger partial charge is 0.304 e. The summed E-state index contributed by atoms with van der Waals surface area (Å²) in [6.45, 7) is 2.51. The van der Waals surface area contributed by atoms with Crippen LogP contribution < -0.4 is 5.32 Å². The molecule has 1 aromatic rings. The van der Waals surface area contributed by atoms with Gasteiger partial charge >= 0.3 is 5.97 Å². The number of carboxylic acids is 1. The highest BCUT2D eigenvalue weighted by Gasteiger charge is 2.17. The number of likely N-dealkylation sites (N-methyl/N-ethyl adjacent to an activating group) is 1. The highest BCUT2D eigenvalue weighted by atomic mass is 19.1. The molecule has 5 nitrogen and oxygen atoms in total. The Bertz CT molecular complexity index is 476. The number of carbonyl (C=O) groups excluding carboxylic acids is 1. The number of benzene rings is 1. The van der Waals surface area contributed by atoms with E-state index in [1.54, 1.807) is 31.0 Å². The van der Waals surface area contributed by atoms with Crippen molar-refractivity contribution < 1.29 is 19.1 Å². The topological polar surface area (TPSA) is 69.6 Å². The van der Waals surface area contributed by atoms with Crippen LogP contribution in [0.4, 0.5) is 4.39 Å². The summed E-state index contributed by atoms with van der Waals surface area (Å²) in [5.74, 6) is -1.31. The minimum absolute atomic E-state index is 0.00367. The molecule has 6 heteroatoms. The SMILES string of the molecule is CC(C(=O)NCCc1ccc(F)cc1)N(C)CCC(=O)O. The van der Waals surface area contributed by atoms with Gasteiger partial charge in [-0.2, -0.15) is 0 Å². The van der Waals surface area contributed by atoms with Crippen molar-refractivity contribution in [2.75, 3.05) is 20.1 Å². The molecule has 2 N–H and O–H groups in total. The van der Waals surface area contributed by atoms with Crippen molar-refractivity contribution in [3.05, 3.63) is 35.6 Å². The number of amides is 1. The summed E-state index contributed by atoms with van der Waals surface area (Å²) in [7, 11) is 1.72. The number of carbonyl (C=O) groups is 2. The van der Waals surface area contributed by atoms with Crippen molar-refractivity contribution in [3.63, 3.8) is 0 Å². The fourth-order valence-electron chi connectivity index (χ4n) is 1.79. The fraction of sp³-hybridized carbons (Fsp3) is 0.467. The molecule has 0 aliphatic carbocycles. The highest BCUT2D eigenvalue weighted by Crippen LogP contribution is 2.03. The van der Waals surface area contributed by atoms with Gasteiger partial charge < -0.3 is 10.4 Å². The van der Waals surface area contributed by atoms with E-state index in [2.05, 4.69) is 5.32 Å². The fourth-order valence-corrected chi connectivity index (χ4v) is 1.79. The van der Waals surface area contributed by atoms with Crippen molar-refractivity contribution in [2.45, 2.75) is 25.8 Å². The second kappa shape index (κ2) is 8.36. The van der Waals surface area contributed by atoms with Crippen LogP contribution in [0.1, 0.15) is 18.9 Å². The van der Waals surface area contributed by atoms with Crippen LogP contribution in [-0.2, 0) is 16.0 Å². The van der Waals surface area contributed by atoms with Gasteiger partial charge in [0.1, 0.15) is 5.82 Å². The Morgan fingerprint density at radius 2 is 1.95 bits per heavy atom. The molecule has 0 saturated carbocycles. The maximum Gasteiger partial charge on any atom is 0.304 e. The van der Waals surface area contributed by atoms with Crippen LogP contribution in [0.25, 0.3) is 0 Å². The lowest BCUT2D eigenvalue weighted by Gasteiger charge is -2.23. The summed E-state index contributed by atoms with van der Waals surface area (Å²) in [5, 5.41) is 11.4. The summed E-state index contributed by atoms with van der Waals surface area (Å²) in [6, 6.07) is 5.75. The first-order chi connectivity index (χ1) is 9.90. The van der Waals surface area contributed by atoms with Crippen LogP contribution in [0.2, 0.25) is 0 Å². The number of nitrogens with zero attached hydrogens (tertiary/aromatic N) is 1. The Hall–Kier alpha value is -1.95. The van der Waals surface area contributed by atoms with Crippen LogP contribution in [0.3, 0.4) is 0 Å². The van der Waals surface area contributed by atoms with Gasteiger partial charge in [-0.15, -0.1) is 0 Å². The number of halogens is 1. The zero-order chi connectivity index (χ0) is 15.8. The van der Waals surface area contributed by atoms with Gasteiger partial charge in [0.25, 0.3) is 0 Å². The lowest BCUT2D eigenvalue weighted by Crippen LogP contribution is -2.44. The number of hydrogen-bond donors (Lipinski definition) is 2. The molecule has 0 spiro atoms. The maximum absolute atomic E-state index is 12.7. The largest absolute Gasteiger partial charge is 0.481 e. The Kier molecular flexibility index (Phi) is 6.81. The van der Waals surface area contributed by atoms with E-state index in [0.717, 1.165) is 5.56 Å². The predicted octanol–water partition coefficient (Wildman–Crippen LogP) is 1.28. The molecule has 1 unspecified atom stereocenters. The summed E-state index contributed by atoms with van der Waals surface area (Å²) < 4.78 is 12.7. The van der Waals surface area contributed by atoms with E-state index in [1.807, 2.05) is 0 Å². The molecule has 0 heterocycles. The normalized spacial score (nSPS) is 12.2. The molecule has 1 amide bonds. The Morgan fingerprint density at radius 3 is 2.52 bits per heavy atom. The lowest BCUT2D eigenvalue weighted by molar-refractivity contribution is -0.138. The molecule has 0 saturated heterocycles. The third-order valence-corrected chi connectivity index (χ3v) is 3.35. The molecular weight excluding hydrogens is 275 g/mol. The molecule has 0 fully saturated rings.